The zero-order valence-electron chi connectivity index (χ0n) is 10.5. The summed E-state index contributed by atoms with van der Waals surface area (Å²) in [7, 11) is 0. The topological polar surface area (TPSA) is 37.0 Å². The first kappa shape index (κ1) is 13.6. The minimum Gasteiger partial charge on any atom is -0.316 e. The third kappa shape index (κ3) is 6.20. The fourth-order valence-electron chi connectivity index (χ4n) is 1.47. The fourth-order valence-corrected chi connectivity index (χ4v) is 2.12. The van der Waals surface area contributed by atoms with Crippen LogP contribution < -0.4 is 10.6 Å². The van der Waals surface area contributed by atoms with Crippen LogP contribution in [-0.4, -0.2) is 30.7 Å². The molecule has 0 atom stereocenters. The van der Waals surface area contributed by atoms with Crippen LogP contribution in [0, 0.1) is 6.92 Å². The van der Waals surface area contributed by atoms with Gasteiger partial charge in [0.05, 0.1) is 10.7 Å². The molecule has 3 nitrogen and oxygen atoms in total. The van der Waals surface area contributed by atoms with Crippen molar-refractivity contribution in [2.24, 2.45) is 0 Å². The number of hydrogen-bond acceptors (Lipinski definition) is 4. The third-order valence-corrected chi connectivity index (χ3v) is 3.13. The highest BCUT2D eigenvalue weighted by Crippen LogP contribution is 2.07. The van der Waals surface area contributed by atoms with Crippen molar-refractivity contribution < 1.29 is 0 Å². The van der Waals surface area contributed by atoms with Crippen LogP contribution in [0.15, 0.2) is 5.38 Å². The molecule has 1 aromatic rings. The van der Waals surface area contributed by atoms with Gasteiger partial charge in [-0.25, -0.2) is 4.98 Å². The summed E-state index contributed by atoms with van der Waals surface area (Å²) in [5.74, 6) is 0. The van der Waals surface area contributed by atoms with Crippen molar-refractivity contribution in [3.8, 4) is 0 Å². The Morgan fingerprint density at radius 3 is 2.75 bits per heavy atom. The average Bonchev–Trinajstić information content (AvgIpc) is 2.62. The summed E-state index contributed by atoms with van der Waals surface area (Å²) in [6.07, 6.45) is 2.23. The van der Waals surface area contributed by atoms with Gasteiger partial charge in [-0.1, -0.05) is 13.8 Å². The lowest BCUT2D eigenvalue weighted by Gasteiger charge is -2.08. The SMILES string of the molecule is Cc1nc(CCNCCCNC(C)C)cs1. The maximum atomic E-state index is 4.43. The van der Waals surface area contributed by atoms with Gasteiger partial charge in [0.2, 0.25) is 0 Å². The van der Waals surface area contributed by atoms with Gasteiger partial charge < -0.3 is 10.6 Å². The van der Waals surface area contributed by atoms with Crippen molar-refractivity contribution in [1.29, 1.82) is 0 Å². The molecule has 0 amide bonds. The normalized spacial score (nSPS) is 11.2. The molecule has 0 aliphatic rings. The Balaban J connectivity index is 1.92. The zero-order valence-corrected chi connectivity index (χ0v) is 11.4. The van der Waals surface area contributed by atoms with E-state index in [1.54, 1.807) is 11.3 Å². The van der Waals surface area contributed by atoms with Crippen LogP contribution in [-0.2, 0) is 6.42 Å². The molecule has 1 rings (SSSR count). The van der Waals surface area contributed by atoms with Crippen molar-refractivity contribution in [3.05, 3.63) is 16.1 Å². The molecule has 0 aromatic carbocycles. The number of hydrogen-bond donors (Lipinski definition) is 2. The molecule has 0 aliphatic carbocycles. The van der Waals surface area contributed by atoms with Crippen molar-refractivity contribution in [2.45, 2.75) is 39.7 Å². The van der Waals surface area contributed by atoms with Gasteiger partial charge >= 0.3 is 0 Å². The minimum atomic E-state index is 0.595. The second kappa shape index (κ2) is 7.76. The molecule has 0 fully saturated rings. The van der Waals surface area contributed by atoms with E-state index in [4.69, 9.17) is 0 Å². The molecule has 16 heavy (non-hydrogen) atoms. The Morgan fingerprint density at radius 1 is 1.31 bits per heavy atom. The first-order valence-electron chi connectivity index (χ1n) is 6.03. The predicted octanol–water partition coefficient (Wildman–Crippen LogP) is 1.97. The third-order valence-electron chi connectivity index (χ3n) is 2.31. The highest BCUT2D eigenvalue weighted by atomic mass is 32.1. The molecule has 0 spiro atoms. The molecule has 1 aromatic heterocycles. The number of aromatic nitrogens is 1. The monoisotopic (exact) mass is 241 g/mol. The van der Waals surface area contributed by atoms with Crippen LogP contribution in [0.25, 0.3) is 0 Å². The second-order valence-electron chi connectivity index (χ2n) is 4.32. The standard InChI is InChI=1S/C12H23N3S/c1-10(2)14-7-4-6-13-8-5-12-9-16-11(3)15-12/h9-10,13-14H,4-8H2,1-3H3. The molecule has 0 bridgehead atoms. The Labute approximate surface area is 103 Å². The van der Waals surface area contributed by atoms with Crippen LogP contribution in [0.4, 0.5) is 0 Å². The van der Waals surface area contributed by atoms with Gasteiger partial charge in [0.1, 0.15) is 0 Å². The molecule has 0 saturated carbocycles. The maximum Gasteiger partial charge on any atom is 0.0897 e. The van der Waals surface area contributed by atoms with E-state index in [0.717, 1.165) is 31.1 Å². The summed E-state index contributed by atoms with van der Waals surface area (Å²) in [6.45, 7) is 9.63. The number of nitrogens with one attached hydrogen (secondary N) is 2. The molecular formula is C12H23N3S. The van der Waals surface area contributed by atoms with E-state index < -0.39 is 0 Å². The molecule has 0 aliphatic heterocycles. The van der Waals surface area contributed by atoms with E-state index in [2.05, 4.69) is 41.8 Å². The molecule has 1 heterocycles. The molecule has 2 N–H and O–H groups in total. The molecule has 92 valence electrons. The molecular weight excluding hydrogens is 218 g/mol. The summed E-state index contributed by atoms with van der Waals surface area (Å²) in [5.41, 5.74) is 1.22. The van der Waals surface area contributed by atoms with Gasteiger partial charge in [-0.3, -0.25) is 0 Å². The number of aryl methyl sites for hydroxylation is 1. The van der Waals surface area contributed by atoms with Crippen LogP contribution in [0.5, 0.6) is 0 Å². The average molecular weight is 241 g/mol. The van der Waals surface area contributed by atoms with Crippen molar-refractivity contribution in [2.75, 3.05) is 19.6 Å². The van der Waals surface area contributed by atoms with Crippen molar-refractivity contribution in [1.82, 2.24) is 15.6 Å². The summed E-state index contributed by atoms with van der Waals surface area (Å²) < 4.78 is 0. The van der Waals surface area contributed by atoms with Gasteiger partial charge in [-0.05, 0) is 26.4 Å². The van der Waals surface area contributed by atoms with Gasteiger partial charge in [-0.2, -0.15) is 0 Å². The lowest BCUT2D eigenvalue weighted by Crippen LogP contribution is -2.27. The summed E-state index contributed by atoms with van der Waals surface area (Å²) >= 11 is 1.73. The van der Waals surface area contributed by atoms with Crippen molar-refractivity contribution in [3.63, 3.8) is 0 Å². The van der Waals surface area contributed by atoms with Crippen LogP contribution >= 0.6 is 11.3 Å². The fraction of sp³-hybridized carbons (Fsp3) is 0.750. The molecule has 0 saturated heterocycles. The minimum absolute atomic E-state index is 0.595. The van der Waals surface area contributed by atoms with E-state index in [9.17, 15) is 0 Å². The first-order valence-corrected chi connectivity index (χ1v) is 6.91. The van der Waals surface area contributed by atoms with E-state index >= 15 is 0 Å². The van der Waals surface area contributed by atoms with E-state index in [1.165, 1.54) is 12.1 Å². The molecule has 0 unspecified atom stereocenters. The van der Waals surface area contributed by atoms with Gasteiger partial charge in [-0.15, -0.1) is 11.3 Å². The molecule has 4 heteroatoms. The molecule has 0 radical (unpaired) electrons. The zero-order chi connectivity index (χ0) is 11.8. The van der Waals surface area contributed by atoms with Gasteiger partial charge in [0, 0.05) is 24.4 Å². The van der Waals surface area contributed by atoms with E-state index in [0.29, 0.717) is 6.04 Å². The Bertz CT molecular complexity index is 284. The highest BCUT2D eigenvalue weighted by molar-refractivity contribution is 7.09. The lowest BCUT2D eigenvalue weighted by atomic mass is 10.3. The largest absolute Gasteiger partial charge is 0.316 e. The summed E-state index contributed by atoms with van der Waals surface area (Å²) in [4.78, 5) is 4.43. The summed E-state index contributed by atoms with van der Waals surface area (Å²) in [5, 5.41) is 10.2. The van der Waals surface area contributed by atoms with E-state index in [-0.39, 0.29) is 0 Å². The van der Waals surface area contributed by atoms with Crippen LogP contribution in [0.3, 0.4) is 0 Å². The van der Waals surface area contributed by atoms with Gasteiger partial charge in [0.15, 0.2) is 0 Å². The predicted molar refractivity (Wildman–Crippen MR) is 71.2 cm³/mol. The number of thiazole rings is 1. The maximum absolute atomic E-state index is 4.43. The second-order valence-corrected chi connectivity index (χ2v) is 5.38. The summed E-state index contributed by atoms with van der Waals surface area (Å²) in [6, 6.07) is 0.595. The van der Waals surface area contributed by atoms with Gasteiger partial charge in [0.25, 0.3) is 0 Å². The lowest BCUT2D eigenvalue weighted by molar-refractivity contribution is 0.548. The van der Waals surface area contributed by atoms with Crippen molar-refractivity contribution >= 4 is 11.3 Å². The Kier molecular flexibility index (Phi) is 6.61. The van der Waals surface area contributed by atoms with Crippen LogP contribution in [0.1, 0.15) is 31.0 Å². The Morgan fingerprint density at radius 2 is 2.12 bits per heavy atom. The first-order chi connectivity index (χ1) is 7.68. The van der Waals surface area contributed by atoms with Crippen LogP contribution in [0.2, 0.25) is 0 Å². The quantitative estimate of drug-likeness (QED) is 0.683. The number of rotatable bonds is 8. The van der Waals surface area contributed by atoms with E-state index in [1.807, 2.05) is 0 Å². The highest BCUT2D eigenvalue weighted by Gasteiger charge is 1.97. The smallest absolute Gasteiger partial charge is 0.0897 e. The number of nitrogens with zero attached hydrogens (tertiary/aromatic N) is 1. The Hall–Kier alpha value is -0.450.